The van der Waals surface area contributed by atoms with Gasteiger partial charge in [-0.1, -0.05) is 28.1 Å². The van der Waals surface area contributed by atoms with Crippen LogP contribution in [0, 0.1) is 10.1 Å². The molecule has 2 aromatic rings. The molecule has 0 aliphatic heterocycles. The van der Waals surface area contributed by atoms with E-state index in [1.807, 2.05) is 19.1 Å². The molecule has 0 radical (unpaired) electrons. The highest BCUT2D eigenvalue weighted by molar-refractivity contribution is 9.10. The standard InChI is InChI=1S/C14H13BrN2O3/c1-9(16)13-6-5-10(15)7-14(13)20-12-4-2-3-11(8-12)17(18)19/h2-9H,16H2,1H3. The van der Waals surface area contributed by atoms with Gasteiger partial charge in [-0.15, -0.1) is 0 Å². The van der Waals surface area contributed by atoms with E-state index in [-0.39, 0.29) is 11.7 Å². The molecule has 0 saturated heterocycles. The molecule has 0 spiro atoms. The van der Waals surface area contributed by atoms with Crippen LogP contribution >= 0.6 is 15.9 Å². The molecule has 2 rings (SSSR count). The van der Waals surface area contributed by atoms with Gasteiger partial charge in [-0.3, -0.25) is 10.1 Å². The van der Waals surface area contributed by atoms with Crippen molar-refractivity contribution >= 4 is 21.6 Å². The Morgan fingerprint density at radius 2 is 2.05 bits per heavy atom. The van der Waals surface area contributed by atoms with Gasteiger partial charge in [0.05, 0.1) is 11.0 Å². The molecule has 0 amide bonds. The molecule has 5 nitrogen and oxygen atoms in total. The Morgan fingerprint density at radius 1 is 1.30 bits per heavy atom. The summed E-state index contributed by atoms with van der Waals surface area (Å²) >= 11 is 3.37. The van der Waals surface area contributed by atoms with E-state index in [1.165, 1.54) is 12.1 Å². The number of benzene rings is 2. The average Bonchev–Trinajstić information content (AvgIpc) is 2.38. The summed E-state index contributed by atoms with van der Waals surface area (Å²) in [5, 5.41) is 10.8. The third-order valence-electron chi connectivity index (χ3n) is 2.72. The molecule has 2 aromatic carbocycles. The second-order valence-electron chi connectivity index (χ2n) is 4.33. The van der Waals surface area contributed by atoms with Crippen molar-refractivity contribution in [2.45, 2.75) is 13.0 Å². The molecule has 0 aliphatic carbocycles. The molecule has 0 saturated carbocycles. The van der Waals surface area contributed by atoms with Crippen molar-refractivity contribution in [1.29, 1.82) is 0 Å². The van der Waals surface area contributed by atoms with Crippen LogP contribution < -0.4 is 10.5 Å². The molecule has 2 N–H and O–H groups in total. The second kappa shape index (κ2) is 6.02. The fourth-order valence-electron chi connectivity index (χ4n) is 1.76. The van der Waals surface area contributed by atoms with Crippen LogP contribution in [0.25, 0.3) is 0 Å². The van der Waals surface area contributed by atoms with Gasteiger partial charge in [-0.25, -0.2) is 0 Å². The van der Waals surface area contributed by atoms with E-state index in [4.69, 9.17) is 10.5 Å². The highest BCUT2D eigenvalue weighted by atomic mass is 79.9. The first kappa shape index (κ1) is 14.5. The maximum absolute atomic E-state index is 10.8. The molecule has 0 bridgehead atoms. The van der Waals surface area contributed by atoms with Gasteiger partial charge in [-0.2, -0.15) is 0 Å². The molecule has 6 heteroatoms. The van der Waals surface area contributed by atoms with Crippen LogP contribution in [0.3, 0.4) is 0 Å². The van der Waals surface area contributed by atoms with Crippen LogP contribution in [-0.2, 0) is 0 Å². The van der Waals surface area contributed by atoms with Crippen LogP contribution in [0.5, 0.6) is 11.5 Å². The van der Waals surface area contributed by atoms with Crippen LogP contribution in [0.15, 0.2) is 46.9 Å². The SMILES string of the molecule is CC(N)c1ccc(Br)cc1Oc1cccc([N+](=O)[O-])c1. The lowest BCUT2D eigenvalue weighted by Crippen LogP contribution is -2.06. The molecule has 1 unspecified atom stereocenters. The summed E-state index contributed by atoms with van der Waals surface area (Å²) in [6.45, 7) is 1.85. The molecular formula is C14H13BrN2O3. The minimum absolute atomic E-state index is 0.0140. The van der Waals surface area contributed by atoms with Gasteiger partial charge < -0.3 is 10.5 Å². The lowest BCUT2D eigenvalue weighted by molar-refractivity contribution is -0.384. The van der Waals surface area contributed by atoms with Crippen molar-refractivity contribution in [3.63, 3.8) is 0 Å². The fourth-order valence-corrected chi connectivity index (χ4v) is 2.10. The zero-order valence-corrected chi connectivity index (χ0v) is 12.3. The maximum Gasteiger partial charge on any atom is 0.273 e. The molecule has 0 heterocycles. The van der Waals surface area contributed by atoms with E-state index in [0.29, 0.717) is 11.5 Å². The number of non-ortho nitro benzene ring substituents is 1. The first-order valence-corrected chi connectivity index (χ1v) is 6.74. The average molecular weight is 337 g/mol. The highest BCUT2D eigenvalue weighted by Crippen LogP contribution is 2.32. The number of nitro benzene ring substituents is 1. The van der Waals surface area contributed by atoms with Gasteiger partial charge in [0.25, 0.3) is 5.69 Å². The zero-order valence-electron chi connectivity index (χ0n) is 10.7. The fraction of sp³-hybridized carbons (Fsp3) is 0.143. The second-order valence-corrected chi connectivity index (χ2v) is 5.24. The molecule has 20 heavy (non-hydrogen) atoms. The maximum atomic E-state index is 10.8. The number of halogens is 1. The third-order valence-corrected chi connectivity index (χ3v) is 3.22. The van der Waals surface area contributed by atoms with E-state index in [2.05, 4.69) is 15.9 Å². The summed E-state index contributed by atoms with van der Waals surface area (Å²) in [4.78, 5) is 10.3. The Hall–Kier alpha value is -1.92. The summed E-state index contributed by atoms with van der Waals surface area (Å²) < 4.78 is 6.58. The quantitative estimate of drug-likeness (QED) is 0.671. The summed E-state index contributed by atoms with van der Waals surface area (Å²) in [5.74, 6) is 0.981. The highest BCUT2D eigenvalue weighted by Gasteiger charge is 2.12. The van der Waals surface area contributed by atoms with Gasteiger partial charge in [-0.05, 0) is 25.1 Å². The number of hydrogen-bond donors (Lipinski definition) is 1. The Kier molecular flexibility index (Phi) is 4.36. The van der Waals surface area contributed by atoms with E-state index in [0.717, 1.165) is 10.0 Å². The monoisotopic (exact) mass is 336 g/mol. The normalized spacial score (nSPS) is 11.9. The third kappa shape index (κ3) is 3.34. The minimum atomic E-state index is -0.458. The summed E-state index contributed by atoms with van der Waals surface area (Å²) in [7, 11) is 0. The number of nitrogens with two attached hydrogens (primary N) is 1. The van der Waals surface area contributed by atoms with Crippen LogP contribution in [0.4, 0.5) is 5.69 Å². The Labute approximate surface area is 124 Å². The number of hydrogen-bond acceptors (Lipinski definition) is 4. The first-order chi connectivity index (χ1) is 9.47. The van der Waals surface area contributed by atoms with Crippen LogP contribution in [0.1, 0.15) is 18.5 Å². The molecule has 104 valence electrons. The molecule has 0 aliphatic rings. The van der Waals surface area contributed by atoms with Crippen molar-refractivity contribution < 1.29 is 9.66 Å². The van der Waals surface area contributed by atoms with Gasteiger partial charge in [0.2, 0.25) is 0 Å². The zero-order chi connectivity index (χ0) is 14.7. The summed E-state index contributed by atoms with van der Waals surface area (Å²) in [6, 6.07) is 11.4. The summed E-state index contributed by atoms with van der Waals surface area (Å²) in [6.07, 6.45) is 0. The van der Waals surface area contributed by atoms with Crippen molar-refractivity contribution in [2.24, 2.45) is 5.73 Å². The van der Waals surface area contributed by atoms with Gasteiger partial charge >= 0.3 is 0 Å². The Morgan fingerprint density at radius 3 is 2.70 bits per heavy atom. The smallest absolute Gasteiger partial charge is 0.273 e. The number of rotatable bonds is 4. The Bertz CT molecular complexity index is 644. The lowest BCUT2D eigenvalue weighted by Gasteiger charge is -2.14. The molecule has 0 aromatic heterocycles. The minimum Gasteiger partial charge on any atom is -0.457 e. The molecule has 1 atom stereocenters. The summed E-state index contributed by atoms with van der Waals surface area (Å²) in [5.41, 5.74) is 6.71. The number of ether oxygens (including phenoxy) is 1. The van der Waals surface area contributed by atoms with Crippen LogP contribution in [0.2, 0.25) is 0 Å². The predicted octanol–water partition coefficient (Wildman–Crippen LogP) is 4.17. The van der Waals surface area contributed by atoms with Crippen LogP contribution in [-0.4, -0.2) is 4.92 Å². The van der Waals surface area contributed by atoms with E-state index < -0.39 is 4.92 Å². The van der Waals surface area contributed by atoms with Gasteiger partial charge in [0.1, 0.15) is 11.5 Å². The van der Waals surface area contributed by atoms with E-state index >= 15 is 0 Å². The Balaban J connectivity index is 2.36. The first-order valence-electron chi connectivity index (χ1n) is 5.94. The molecule has 0 fully saturated rings. The lowest BCUT2D eigenvalue weighted by atomic mass is 10.1. The van der Waals surface area contributed by atoms with Gasteiger partial charge in [0, 0.05) is 22.1 Å². The topological polar surface area (TPSA) is 78.4 Å². The van der Waals surface area contributed by atoms with Crippen molar-refractivity contribution in [1.82, 2.24) is 0 Å². The van der Waals surface area contributed by atoms with E-state index in [1.54, 1.807) is 18.2 Å². The number of nitro groups is 1. The largest absolute Gasteiger partial charge is 0.457 e. The van der Waals surface area contributed by atoms with Gasteiger partial charge in [0.15, 0.2) is 0 Å². The number of nitrogens with zero attached hydrogens (tertiary/aromatic N) is 1. The van der Waals surface area contributed by atoms with Crippen molar-refractivity contribution in [3.8, 4) is 11.5 Å². The predicted molar refractivity (Wildman–Crippen MR) is 79.9 cm³/mol. The van der Waals surface area contributed by atoms with E-state index in [9.17, 15) is 10.1 Å². The molecular weight excluding hydrogens is 324 g/mol. The van der Waals surface area contributed by atoms with Crippen molar-refractivity contribution in [3.05, 3.63) is 62.6 Å². The van der Waals surface area contributed by atoms with Crippen molar-refractivity contribution in [2.75, 3.05) is 0 Å².